The van der Waals surface area contributed by atoms with Gasteiger partial charge in [-0.3, -0.25) is 10.1 Å². The summed E-state index contributed by atoms with van der Waals surface area (Å²) in [6, 6.07) is 5.22. The van der Waals surface area contributed by atoms with Gasteiger partial charge in [-0.15, -0.1) is 11.3 Å². The lowest BCUT2D eigenvalue weighted by molar-refractivity contribution is 0.0601. The second-order valence-electron chi connectivity index (χ2n) is 7.12. The van der Waals surface area contributed by atoms with E-state index in [1.165, 1.54) is 18.4 Å². The molecule has 3 rings (SSSR count). The summed E-state index contributed by atoms with van der Waals surface area (Å²) in [5, 5.41) is 6.42. The largest absolute Gasteiger partial charge is 0.490 e. The SMILES string of the molecule is COC(=O)c1c(NC(=S)NC(=O)c2cc(Br)ccc2OC(C)C)sc2c1CCCC2. The highest BCUT2D eigenvalue weighted by Crippen LogP contribution is 2.38. The minimum atomic E-state index is -0.398. The van der Waals surface area contributed by atoms with Crippen LogP contribution in [0.1, 0.15) is 57.8 Å². The fourth-order valence-electron chi connectivity index (χ4n) is 3.31. The van der Waals surface area contributed by atoms with E-state index >= 15 is 0 Å². The van der Waals surface area contributed by atoms with Gasteiger partial charge in [-0.05, 0) is 75.5 Å². The van der Waals surface area contributed by atoms with Crippen LogP contribution in [-0.2, 0) is 17.6 Å². The van der Waals surface area contributed by atoms with E-state index in [9.17, 15) is 9.59 Å². The Hall–Kier alpha value is -1.97. The van der Waals surface area contributed by atoms with Crippen molar-refractivity contribution in [2.24, 2.45) is 0 Å². The third-order valence-corrected chi connectivity index (χ3v) is 6.47. The molecule has 0 saturated carbocycles. The van der Waals surface area contributed by atoms with Crippen molar-refractivity contribution in [1.82, 2.24) is 5.32 Å². The second kappa shape index (κ2) is 9.89. The van der Waals surface area contributed by atoms with Gasteiger partial charge in [-0.1, -0.05) is 15.9 Å². The van der Waals surface area contributed by atoms with Crippen molar-refractivity contribution in [2.75, 3.05) is 12.4 Å². The molecular weight excluding hydrogens is 488 g/mol. The molecule has 0 fully saturated rings. The highest BCUT2D eigenvalue weighted by molar-refractivity contribution is 9.10. The van der Waals surface area contributed by atoms with Crippen molar-refractivity contribution in [3.05, 3.63) is 44.2 Å². The van der Waals surface area contributed by atoms with E-state index in [1.807, 2.05) is 19.9 Å². The van der Waals surface area contributed by atoms with Crippen molar-refractivity contribution < 1.29 is 19.1 Å². The summed E-state index contributed by atoms with van der Waals surface area (Å²) in [6.45, 7) is 3.78. The van der Waals surface area contributed by atoms with Gasteiger partial charge >= 0.3 is 5.97 Å². The molecule has 0 aliphatic heterocycles. The van der Waals surface area contributed by atoms with Crippen molar-refractivity contribution >= 4 is 61.5 Å². The maximum atomic E-state index is 12.8. The lowest BCUT2D eigenvalue weighted by Gasteiger charge is -2.15. The fraction of sp³-hybridized carbons (Fsp3) is 0.381. The molecule has 6 nitrogen and oxygen atoms in total. The molecular formula is C21H23BrN2O4S2. The third kappa shape index (κ3) is 5.19. The van der Waals surface area contributed by atoms with Crippen molar-refractivity contribution in [3.8, 4) is 5.75 Å². The van der Waals surface area contributed by atoms with Crippen LogP contribution in [0.15, 0.2) is 22.7 Å². The Morgan fingerprint density at radius 2 is 1.97 bits per heavy atom. The highest BCUT2D eigenvalue weighted by atomic mass is 79.9. The summed E-state index contributed by atoms with van der Waals surface area (Å²) in [4.78, 5) is 26.4. The highest BCUT2D eigenvalue weighted by Gasteiger charge is 2.27. The van der Waals surface area contributed by atoms with E-state index in [0.717, 1.165) is 40.6 Å². The zero-order chi connectivity index (χ0) is 21.8. The van der Waals surface area contributed by atoms with Gasteiger partial charge < -0.3 is 14.8 Å². The molecule has 0 spiro atoms. The summed E-state index contributed by atoms with van der Waals surface area (Å²) < 4.78 is 11.5. The van der Waals surface area contributed by atoms with E-state index in [0.29, 0.717) is 21.9 Å². The average molecular weight is 511 g/mol. The van der Waals surface area contributed by atoms with Gasteiger partial charge in [-0.2, -0.15) is 0 Å². The van der Waals surface area contributed by atoms with E-state index < -0.39 is 11.9 Å². The normalized spacial score (nSPS) is 12.8. The first kappa shape index (κ1) is 22.7. The zero-order valence-corrected chi connectivity index (χ0v) is 20.2. The van der Waals surface area contributed by atoms with E-state index in [4.69, 9.17) is 21.7 Å². The quantitative estimate of drug-likeness (QED) is 0.430. The Morgan fingerprint density at radius 1 is 1.23 bits per heavy atom. The number of thiophene rings is 1. The summed E-state index contributed by atoms with van der Waals surface area (Å²) in [7, 11) is 1.36. The average Bonchev–Trinajstić information content (AvgIpc) is 3.05. The smallest absolute Gasteiger partial charge is 0.341 e. The van der Waals surface area contributed by atoms with Crippen LogP contribution in [0, 0.1) is 0 Å². The minimum Gasteiger partial charge on any atom is -0.490 e. The monoisotopic (exact) mass is 510 g/mol. The molecule has 1 aliphatic carbocycles. The molecule has 1 amide bonds. The topological polar surface area (TPSA) is 76.7 Å². The summed E-state index contributed by atoms with van der Waals surface area (Å²) in [5.41, 5.74) is 1.90. The summed E-state index contributed by atoms with van der Waals surface area (Å²) in [5.74, 6) is -0.327. The number of aryl methyl sites for hydroxylation is 1. The first-order valence-corrected chi connectivity index (χ1v) is 11.6. The predicted molar refractivity (Wildman–Crippen MR) is 126 cm³/mol. The number of rotatable bonds is 5. The molecule has 0 radical (unpaired) electrons. The first-order chi connectivity index (χ1) is 14.3. The maximum absolute atomic E-state index is 12.8. The molecule has 0 bridgehead atoms. The molecule has 2 aromatic rings. The van der Waals surface area contributed by atoms with Crippen LogP contribution in [-0.4, -0.2) is 30.2 Å². The van der Waals surface area contributed by atoms with Gasteiger partial charge in [-0.25, -0.2) is 4.79 Å². The second-order valence-corrected chi connectivity index (χ2v) is 9.55. The molecule has 1 heterocycles. The number of carbonyl (C=O) groups excluding carboxylic acids is 2. The summed E-state index contributed by atoms with van der Waals surface area (Å²) >= 11 is 10.2. The Labute approximate surface area is 193 Å². The Bertz CT molecular complexity index is 988. The fourth-order valence-corrected chi connectivity index (χ4v) is 5.22. The van der Waals surface area contributed by atoms with Crippen LogP contribution >= 0.6 is 39.5 Å². The van der Waals surface area contributed by atoms with Gasteiger partial charge in [0, 0.05) is 9.35 Å². The Morgan fingerprint density at radius 3 is 2.67 bits per heavy atom. The minimum absolute atomic E-state index is 0.0807. The van der Waals surface area contributed by atoms with Crippen LogP contribution in [0.2, 0.25) is 0 Å². The Balaban J connectivity index is 1.80. The van der Waals surface area contributed by atoms with Gasteiger partial charge in [0.15, 0.2) is 5.11 Å². The van der Waals surface area contributed by atoms with Crippen LogP contribution in [0.4, 0.5) is 5.00 Å². The van der Waals surface area contributed by atoms with E-state index in [-0.39, 0.29) is 11.2 Å². The third-order valence-electron chi connectivity index (χ3n) is 4.56. The number of nitrogens with one attached hydrogen (secondary N) is 2. The molecule has 1 aliphatic rings. The maximum Gasteiger partial charge on any atom is 0.341 e. The lowest BCUT2D eigenvalue weighted by atomic mass is 9.95. The predicted octanol–water partition coefficient (Wildman–Crippen LogP) is 5.09. The number of fused-ring (bicyclic) bond motifs is 1. The van der Waals surface area contributed by atoms with Gasteiger partial charge in [0.25, 0.3) is 5.91 Å². The molecule has 9 heteroatoms. The number of thiocarbonyl (C=S) groups is 1. The molecule has 1 aromatic heterocycles. The molecule has 30 heavy (non-hydrogen) atoms. The first-order valence-electron chi connectivity index (χ1n) is 9.61. The molecule has 160 valence electrons. The number of halogens is 1. The number of hydrogen-bond donors (Lipinski definition) is 2. The van der Waals surface area contributed by atoms with Crippen LogP contribution < -0.4 is 15.4 Å². The zero-order valence-electron chi connectivity index (χ0n) is 17.0. The van der Waals surface area contributed by atoms with Crippen molar-refractivity contribution in [2.45, 2.75) is 45.6 Å². The van der Waals surface area contributed by atoms with Gasteiger partial charge in [0.05, 0.1) is 24.3 Å². The van der Waals surface area contributed by atoms with Crippen molar-refractivity contribution in [1.29, 1.82) is 0 Å². The standard InChI is InChI=1S/C21H23BrN2O4S2/c1-11(2)28-15-9-8-12(22)10-14(15)18(25)23-21(29)24-19-17(20(26)27-3)13-6-4-5-7-16(13)30-19/h8-11H,4-7H2,1-3H3,(H2,23,24,25,29). The molecule has 0 atom stereocenters. The number of carbonyl (C=O) groups is 2. The number of amides is 1. The molecule has 1 aromatic carbocycles. The number of ether oxygens (including phenoxy) is 2. The number of hydrogen-bond acceptors (Lipinski definition) is 6. The van der Waals surface area contributed by atoms with Gasteiger partial charge in [0.1, 0.15) is 10.8 Å². The number of benzene rings is 1. The van der Waals surface area contributed by atoms with E-state index in [1.54, 1.807) is 12.1 Å². The van der Waals surface area contributed by atoms with Crippen LogP contribution in [0.3, 0.4) is 0 Å². The van der Waals surface area contributed by atoms with E-state index in [2.05, 4.69) is 26.6 Å². The molecule has 0 saturated heterocycles. The summed E-state index contributed by atoms with van der Waals surface area (Å²) in [6.07, 6.45) is 3.82. The van der Waals surface area contributed by atoms with Crippen LogP contribution in [0.5, 0.6) is 5.75 Å². The van der Waals surface area contributed by atoms with Crippen LogP contribution in [0.25, 0.3) is 0 Å². The van der Waals surface area contributed by atoms with Gasteiger partial charge in [0.2, 0.25) is 0 Å². The van der Waals surface area contributed by atoms with Crippen molar-refractivity contribution in [3.63, 3.8) is 0 Å². The number of anilines is 1. The lowest BCUT2D eigenvalue weighted by Crippen LogP contribution is -2.34. The molecule has 0 unspecified atom stereocenters. The number of methoxy groups -OCH3 is 1. The molecule has 2 N–H and O–H groups in total. The Kier molecular flexibility index (Phi) is 7.49. The number of esters is 1.